The van der Waals surface area contributed by atoms with Gasteiger partial charge in [-0.05, 0) is 59.3 Å². The second kappa shape index (κ2) is 26.4. The first-order valence-corrected chi connectivity index (χ1v) is 21.8. The second-order valence-corrected chi connectivity index (χ2v) is 16.5. The van der Waals surface area contributed by atoms with Gasteiger partial charge in [0, 0.05) is 12.1 Å². The van der Waals surface area contributed by atoms with Crippen LogP contribution in [0.5, 0.6) is 0 Å². The van der Waals surface area contributed by atoms with E-state index in [0.717, 1.165) is 38.5 Å². The quantitative estimate of drug-likeness (QED) is 0.0484. The van der Waals surface area contributed by atoms with Crippen LogP contribution >= 0.6 is 0 Å². The lowest BCUT2D eigenvalue weighted by molar-refractivity contribution is -0.323. The van der Waals surface area contributed by atoms with Gasteiger partial charge in [-0.3, -0.25) is 19.2 Å². The SMILES string of the molecule is CCCCCCC(CC(C(=O)OC)C(=O)OCCOCCOCCOCCO[C@H]1O[C@H](CO)[C@@H](O)[C@H](O)[C@@H]1O)ON1C(CC)(CC)CN(C(C)(C)C)C(=O)C1(CC)CC. The molecule has 2 aliphatic rings. The number of nitrogens with zero attached hydrogens (tertiary/aromatic N) is 2. The smallest absolute Gasteiger partial charge is 0.320 e. The van der Waals surface area contributed by atoms with Gasteiger partial charge in [0.05, 0.1) is 71.6 Å². The van der Waals surface area contributed by atoms with E-state index < -0.39 is 72.4 Å². The van der Waals surface area contributed by atoms with E-state index in [1.165, 1.54) is 7.11 Å². The van der Waals surface area contributed by atoms with Crippen molar-refractivity contribution in [1.82, 2.24) is 9.96 Å². The summed E-state index contributed by atoms with van der Waals surface area (Å²) in [5, 5.41) is 41.0. The zero-order chi connectivity index (χ0) is 44.2. The van der Waals surface area contributed by atoms with Gasteiger partial charge in [-0.15, -0.1) is 0 Å². The number of esters is 2. The van der Waals surface area contributed by atoms with Gasteiger partial charge in [-0.1, -0.05) is 60.3 Å². The molecular weight excluding hydrogens is 772 g/mol. The summed E-state index contributed by atoms with van der Waals surface area (Å²) in [4.78, 5) is 50.0. The van der Waals surface area contributed by atoms with Gasteiger partial charge in [-0.25, -0.2) is 0 Å². The largest absolute Gasteiger partial charge is 0.468 e. The molecule has 0 spiro atoms. The Kier molecular flexibility index (Phi) is 23.8. The number of carbonyl (C=O) groups excluding carboxylic acids is 3. The van der Waals surface area contributed by atoms with Crippen LogP contribution in [0.4, 0.5) is 0 Å². The van der Waals surface area contributed by atoms with Crippen molar-refractivity contribution >= 4 is 17.8 Å². The van der Waals surface area contributed by atoms with Crippen LogP contribution in [0.25, 0.3) is 0 Å². The number of piperazine rings is 1. The third-order valence-electron chi connectivity index (χ3n) is 11.7. The van der Waals surface area contributed by atoms with E-state index in [-0.39, 0.29) is 70.7 Å². The van der Waals surface area contributed by atoms with Gasteiger partial charge >= 0.3 is 11.9 Å². The number of hydrogen-bond donors (Lipinski definition) is 4. The van der Waals surface area contributed by atoms with E-state index in [1.54, 1.807) is 0 Å². The van der Waals surface area contributed by atoms with Crippen LogP contribution in [0.2, 0.25) is 0 Å². The second-order valence-electron chi connectivity index (χ2n) is 16.5. The van der Waals surface area contributed by atoms with Crippen molar-refractivity contribution in [2.75, 3.05) is 73.1 Å². The maximum atomic E-state index is 14.4. The van der Waals surface area contributed by atoms with Gasteiger partial charge in [0.1, 0.15) is 36.6 Å². The topological polar surface area (TPSA) is 212 Å². The fourth-order valence-electron chi connectivity index (χ4n) is 7.70. The lowest BCUT2D eigenvalue weighted by Crippen LogP contribution is -2.76. The average molecular weight is 851 g/mol. The predicted molar refractivity (Wildman–Crippen MR) is 217 cm³/mol. The number of hydrogen-bond acceptors (Lipinski definition) is 16. The molecule has 59 heavy (non-hydrogen) atoms. The highest BCUT2D eigenvalue weighted by atomic mass is 16.7. The van der Waals surface area contributed by atoms with E-state index in [9.17, 15) is 34.8 Å². The number of aliphatic hydroxyl groups is 4. The van der Waals surface area contributed by atoms with Crippen LogP contribution in [0, 0.1) is 5.92 Å². The van der Waals surface area contributed by atoms with Gasteiger partial charge < -0.3 is 58.5 Å². The molecule has 2 heterocycles. The molecule has 346 valence electrons. The lowest BCUT2D eigenvalue weighted by atomic mass is 9.77. The molecule has 17 heteroatoms. The molecular formula is C42H78N2O15. The molecule has 2 aliphatic heterocycles. The summed E-state index contributed by atoms with van der Waals surface area (Å²) in [6, 6.07) is 0. The summed E-state index contributed by atoms with van der Waals surface area (Å²) >= 11 is 0. The van der Waals surface area contributed by atoms with Crippen molar-refractivity contribution in [3.63, 3.8) is 0 Å². The molecule has 0 aliphatic carbocycles. The maximum absolute atomic E-state index is 14.4. The standard InChI is InChI=1S/C42H78N2O15/c1-10-15-16-17-18-30(59-44-41(11-2,12-3)29-43(40(6,7)8)39(51)42(44,13-4)14-5)27-31(36(49)52-9)37(50)56-25-23-54-21-19-53-20-22-55-24-26-57-38-35(48)34(47)33(46)32(28-45)58-38/h30-35,38,45-48H,10-29H2,1-9H3/t30?,31?,32-,33-,34+,35+,38+/m1/s1. The average Bonchev–Trinajstić information content (AvgIpc) is 3.22. The first-order chi connectivity index (χ1) is 28.1. The number of rotatable bonds is 29. The summed E-state index contributed by atoms with van der Waals surface area (Å²) in [5.41, 5.74) is -1.80. The van der Waals surface area contributed by atoms with Crippen molar-refractivity contribution in [2.24, 2.45) is 5.92 Å². The third kappa shape index (κ3) is 14.8. The molecule has 2 unspecified atom stereocenters. The van der Waals surface area contributed by atoms with E-state index in [4.69, 9.17) is 38.0 Å². The monoisotopic (exact) mass is 851 g/mol. The number of unbranched alkanes of at least 4 members (excludes halogenated alkanes) is 3. The van der Waals surface area contributed by atoms with Crippen LogP contribution in [-0.4, -0.2) is 175 Å². The highest BCUT2D eigenvalue weighted by Crippen LogP contribution is 2.45. The Morgan fingerprint density at radius 3 is 1.88 bits per heavy atom. The van der Waals surface area contributed by atoms with Crippen LogP contribution in [0.15, 0.2) is 0 Å². The van der Waals surface area contributed by atoms with Gasteiger partial charge in [0.25, 0.3) is 0 Å². The molecule has 0 saturated carbocycles. The first-order valence-electron chi connectivity index (χ1n) is 21.8. The molecule has 1 amide bonds. The maximum Gasteiger partial charge on any atom is 0.320 e. The number of methoxy groups -OCH3 is 1. The molecule has 0 bridgehead atoms. The number of ether oxygens (including phenoxy) is 7. The van der Waals surface area contributed by atoms with E-state index in [2.05, 4.69) is 41.5 Å². The number of carbonyl (C=O) groups is 3. The zero-order valence-electron chi connectivity index (χ0n) is 37.4. The first kappa shape index (κ1) is 53.1. The summed E-state index contributed by atoms with van der Waals surface area (Å²) in [7, 11) is 1.24. The molecule has 17 nitrogen and oxygen atoms in total. The fraction of sp³-hybridized carbons (Fsp3) is 0.929. The number of hydroxylamine groups is 2. The van der Waals surface area contributed by atoms with Crippen LogP contribution in [0.1, 0.15) is 120 Å². The summed E-state index contributed by atoms with van der Waals surface area (Å²) in [6.45, 7) is 17.7. The molecule has 0 radical (unpaired) electrons. The Morgan fingerprint density at radius 2 is 1.37 bits per heavy atom. The highest BCUT2D eigenvalue weighted by Gasteiger charge is 2.59. The normalized spacial score (nSPS) is 24.5. The Balaban J connectivity index is 1.92. The highest BCUT2D eigenvalue weighted by molar-refractivity contribution is 5.94. The Morgan fingerprint density at radius 1 is 0.797 bits per heavy atom. The third-order valence-corrected chi connectivity index (χ3v) is 11.7. The minimum absolute atomic E-state index is 0.0260. The van der Waals surface area contributed by atoms with Crippen LogP contribution in [-0.2, 0) is 52.4 Å². The summed E-state index contributed by atoms with van der Waals surface area (Å²) in [5.74, 6) is -2.64. The van der Waals surface area contributed by atoms with Gasteiger partial charge in [0.15, 0.2) is 12.2 Å². The van der Waals surface area contributed by atoms with E-state index >= 15 is 0 Å². The molecule has 2 fully saturated rings. The van der Waals surface area contributed by atoms with Gasteiger partial charge in [-0.2, -0.15) is 5.06 Å². The minimum Gasteiger partial charge on any atom is -0.468 e. The molecule has 0 aromatic carbocycles. The molecule has 0 aromatic heterocycles. The number of aliphatic hydroxyl groups excluding tert-OH is 4. The van der Waals surface area contributed by atoms with Gasteiger partial charge in [0.2, 0.25) is 5.91 Å². The molecule has 7 atom stereocenters. The lowest BCUT2D eigenvalue weighted by Gasteiger charge is -2.61. The number of amides is 1. The van der Waals surface area contributed by atoms with Crippen LogP contribution in [0.3, 0.4) is 0 Å². The minimum atomic E-state index is -1.51. The van der Waals surface area contributed by atoms with E-state index in [0.29, 0.717) is 25.8 Å². The summed E-state index contributed by atoms with van der Waals surface area (Å²) < 4.78 is 37.8. The van der Waals surface area contributed by atoms with Crippen molar-refractivity contribution in [3.05, 3.63) is 0 Å². The van der Waals surface area contributed by atoms with E-state index in [1.807, 2.05) is 23.8 Å². The predicted octanol–water partition coefficient (Wildman–Crippen LogP) is 2.91. The van der Waals surface area contributed by atoms with Crippen LogP contribution < -0.4 is 0 Å². The molecule has 4 N–H and O–H groups in total. The Bertz CT molecular complexity index is 1210. The van der Waals surface area contributed by atoms with Crippen molar-refractivity contribution < 1.29 is 72.8 Å². The van der Waals surface area contributed by atoms with Crippen molar-refractivity contribution in [2.45, 2.75) is 173 Å². The molecule has 0 aromatic rings. The Hall–Kier alpha value is -2.03. The molecule has 2 rings (SSSR count). The van der Waals surface area contributed by atoms with Crippen molar-refractivity contribution in [1.29, 1.82) is 0 Å². The zero-order valence-corrected chi connectivity index (χ0v) is 37.4. The summed E-state index contributed by atoms with van der Waals surface area (Å²) in [6.07, 6.45) is -0.208. The Labute approximate surface area is 352 Å². The van der Waals surface area contributed by atoms with Crippen molar-refractivity contribution in [3.8, 4) is 0 Å². The fourth-order valence-corrected chi connectivity index (χ4v) is 7.70. The molecule has 2 saturated heterocycles.